The molecule has 0 spiro atoms. The SMILES string of the molecule is N=C(Nc1cccc(N)c1)c1c(N)ncnc1Nc1cccc(Cl)c1. The van der Waals surface area contributed by atoms with Gasteiger partial charge < -0.3 is 22.1 Å². The van der Waals surface area contributed by atoms with Gasteiger partial charge in [0.1, 0.15) is 29.4 Å². The fraction of sp³-hybridized carbons (Fsp3) is 0. The van der Waals surface area contributed by atoms with Crippen LogP contribution in [0.3, 0.4) is 0 Å². The van der Waals surface area contributed by atoms with Crippen LogP contribution in [0.2, 0.25) is 5.02 Å². The van der Waals surface area contributed by atoms with E-state index in [1.165, 1.54) is 6.33 Å². The van der Waals surface area contributed by atoms with Gasteiger partial charge in [0.2, 0.25) is 0 Å². The van der Waals surface area contributed by atoms with Crippen molar-refractivity contribution in [2.24, 2.45) is 0 Å². The first-order chi connectivity index (χ1) is 12.0. The average molecular weight is 354 g/mol. The molecule has 1 aromatic heterocycles. The number of amidine groups is 1. The summed E-state index contributed by atoms with van der Waals surface area (Å²) in [5.74, 6) is 0.630. The Morgan fingerprint density at radius 1 is 1.00 bits per heavy atom. The van der Waals surface area contributed by atoms with Crippen molar-refractivity contribution in [3.8, 4) is 0 Å². The highest BCUT2D eigenvalue weighted by Crippen LogP contribution is 2.25. The zero-order valence-electron chi connectivity index (χ0n) is 13.1. The summed E-state index contributed by atoms with van der Waals surface area (Å²) in [5, 5.41) is 15.0. The van der Waals surface area contributed by atoms with E-state index in [1.807, 2.05) is 12.1 Å². The first kappa shape index (κ1) is 16.5. The average Bonchev–Trinajstić information content (AvgIpc) is 2.55. The second-order valence-electron chi connectivity index (χ2n) is 5.24. The molecule has 0 fully saturated rings. The standard InChI is InChI=1S/C17H16ClN7/c18-10-3-1-5-12(7-10)25-17-14(15(20)22-9-23-17)16(21)24-13-6-2-4-11(19)8-13/h1-9H,19H2,(H2,21,24)(H3,20,22,23,25). The highest BCUT2D eigenvalue weighted by molar-refractivity contribution is 6.30. The van der Waals surface area contributed by atoms with Crippen LogP contribution in [0, 0.1) is 5.41 Å². The number of aromatic nitrogens is 2. The Hall–Kier alpha value is -3.32. The minimum absolute atomic E-state index is 0.0493. The van der Waals surface area contributed by atoms with Crippen molar-refractivity contribution in [2.45, 2.75) is 0 Å². The third-order valence-electron chi connectivity index (χ3n) is 3.37. The van der Waals surface area contributed by atoms with E-state index in [9.17, 15) is 0 Å². The Balaban J connectivity index is 1.91. The van der Waals surface area contributed by atoms with E-state index < -0.39 is 0 Å². The van der Waals surface area contributed by atoms with Crippen LogP contribution in [0.4, 0.5) is 28.7 Å². The highest BCUT2D eigenvalue weighted by atomic mass is 35.5. The molecule has 0 aliphatic heterocycles. The quantitative estimate of drug-likeness (QED) is 0.278. The second-order valence-corrected chi connectivity index (χ2v) is 5.68. The summed E-state index contributed by atoms with van der Waals surface area (Å²) in [6, 6.07) is 14.2. The maximum absolute atomic E-state index is 8.35. The summed E-state index contributed by atoms with van der Waals surface area (Å²) in [5.41, 5.74) is 14.1. The number of rotatable bonds is 4. The van der Waals surface area contributed by atoms with E-state index >= 15 is 0 Å². The topological polar surface area (TPSA) is 126 Å². The molecular formula is C17H16ClN7. The van der Waals surface area contributed by atoms with E-state index in [0.717, 1.165) is 5.69 Å². The number of hydrogen-bond donors (Lipinski definition) is 5. The number of nitrogens with one attached hydrogen (secondary N) is 3. The van der Waals surface area contributed by atoms with Gasteiger partial charge in [-0.25, -0.2) is 9.97 Å². The summed E-state index contributed by atoms with van der Waals surface area (Å²) >= 11 is 6.00. The van der Waals surface area contributed by atoms with Gasteiger partial charge in [-0.15, -0.1) is 0 Å². The van der Waals surface area contributed by atoms with Crippen LogP contribution < -0.4 is 22.1 Å². The van der Waals surface area contributed by atoms with Crippen LogP contribution >= 0.6 is 11.6 Å². The molecule has 0 amide bonds. The van der Waals surface area contributed by atoms with Crippen molar-refractivity contribution < 1.29 is 0 Å². The number of nitrogens with two attached hydrogens (primary N) is 2. The third-order valence-corrected chi connectivity index (χ3v) is 3.61. The molecule has 0 saturated heterocycles. The van der Waals surface area contributed by atoms with Crippen LogP contribution in [0.15, 0.2) is 54.9 Å². The van der Waals surface area contributed by atoms with E-state index in [0.29, 0.717) is 27.8 Å². The van der Waals surface area contributed by atoms with Gasteiger partial charge in [0.05, 0.1) is 0 Å². The molecule has 0 bridgehead atoms. The fourth-order valence-electron chi connectivity index (χ4n) is 2.27. The van der Waals surface area contributed by atoms with E-state index in [4.69, 9.17) is 28.5 Å². The van der Waals surface area contributed by atoms with Gasteiger partial charge in [-0.05, 0) is 36.4 Å². The van der Waals surface area contributed by atoms with Crippen molar-refractivity contribution in [1.82, 2.24) is 9.97 Å². The Labute approximate surface area is 149 Å². The Kier molecular flexibility index (Phi) is 4.67. The first-order valence-electron chi connectivity index (χ1n) is 7.37. The van der Waals surface area contributed by atoms with Crippen LogP contribution in [0.1, 0.15) is 5.56 Å². The molecule has 7 N–H and O–H groups in total. The number of benzene rings is 2. The molecule has 25 heavy (non-hydrogen) atoms. The molecule has 2 aromatic carbocycles. The Morgan fingerprint density at radius 3 is 2.52 bits per heavy atom. The van der Waals surface area contributed by atoms with Crippen molar-refractivity contribution >= 4 is 46.1 Å². The maximum atomic E-state index is 8.35. The first-order valence-corrected chi connectivity index (χ1v) is 7.75. The summed E-state index contributed by atoms with van der Waals surface area (Å²) in [4.78, 5) is 8.17. The van der Waals surface area contributed by atoms with Crippen molar-refractivity contribution in [3.05, 3.63) is 65.4 Å². The Bertz CT molecular complexity index is 926. The summed E-state index contributed by atoms with van der Waals surface area (Å²) in [7, 11) is 0. The number of anilines is 5. The molecule has 0 unspecified atom stereocenters. The van der Waals surface area contributed by atoms with Crippen LogP contribution in [-0.4, -0.2) is 15.8 Å². The molecule has 0 aliphatic rings. The fourth-order valence-corrected chi connectivity index (χ4v) is 2.46. The van der Waals surface area contributed by atoms with E-state index in [-0.39, 0.29) is 11.7 Å². The van der Waals surface area contributed by atoms with Gasteiger partial charge >= 0.3 is 0 Å². The van der Waals surface area contributed by atoms with E-state index in [1.54, 1.807) is 36.4 Å². The van der Waals surface area contributed by atoms with E-state index in [2.05, 4.69) is 20.6 Å². The largest absolute Gasteiger partial charge is 0.399 e. The van der Waals surface area contributed by atoms with Crippen molar-refractivity contribution in [1.29, 1.82) is 5.41 Å². The number of nitrogen functional groups attached to an aromatic ring is 2. The maximum Gasteiger partial charge on any atom is 0.147 e. The predicted octanol–water partition coefficient (Wildman–Crippen LogP) is 3.48. The lowest BCUT2D eigenvalue weighted by Gasteiger charge is -2.15. The smallest absolute Gasteiger partial charge is 0.147 e. The molecule has 3 rings (SSSR count). The molecular weight excluding hydrogens is 338 g/mol. The zero-order valence-corrected chi connectivity index (χ0v) is 13.9. The van der Waals surface area contributed by atoms with Gasteiger partial charge in [0.15, 0.2) is 0 Å². The summed E-state index contributed by atoms with van der Waals surface area (Å²) in [6.07, 6.45) is 1.33. The molecule has 126 valence electrons. The lowest BCUT2D eigenvalue weighted by Crippen LogP contribution is -2.18. The molecule has 0 aliphatic carbocycles. The summed E-state index contributed by atoms with van der Waals surface area (Å²) in [6.45, 7) is 0. The van der Waals surface area contributed by atoms with Gasteiger partial charge in [-0.1, -0.05) is 23.7 Å². The number of halogens is 1. The molecule has 0 radical (unpaired) electrons. The molecule has 0 saturated carbocycles. The zero-order chi connectivity index (χ0) is 17.8. The Morgan fingerprint density at radius 2 is 1.76 bits per heavy atom. The van der Waals surface area contributed by atoms with Gasteiger partial charge in [0.25, 0.3) is 0 Å². The second kappa shape index (κ2) is 7.06. The molecule has 8 heteroatoms. The molecule has 3 aromatic rings. The van der Waals surface area contributed by atoms with Crippen molar-refractivity contribution in [2.75, 3.05) is 22.1 Å². The molecule has 1 heterocycles. The monoisotopic (exact) mass is 353 g/mol. The van der Waals surface area contributed by atoms with Crippen LogP contribution in [0.5, 0.6) is 0 Å². The third kappa shape index (κ3) is 3.96. The lowest BCUT2D eigenvalue weighted by atomic mass is 10.2. The predicted molar refractivity (Wildman–Crippen MR) is 102 cm³/mol. The van der Waals surface area contributed by atoms with Crippen LogP contribution in [-0.2, 0) is 0 Å². The number of nitrogens with zero attached hydrogens (tertiary/aromatic N) is 2. The van der Waals surface area contributed by atoms with Gasteiger partial charge in [-0.3, -0.25) is 5.41 Å². The molecule has 0 atom stereocenters. The van der Waals surface area contributed by atoms with Gasteiger partial charge in [0, 0.05) is 22.1 Å². The van der Waals surface area contributed by atoms with Crippen molar-refractivity contribution in [3.63, 3.8) is 0 Å². The van der Waals surface area contributed by atoms with Gasteiger partial charge in [-0.2, -0.15) is 0 Å². The summed E-state index contributed by atoms with van der Waals surface area (Å²) < 4.78 is 0. The number of hydrogen-bond acceptors (Lipinski definition) is 6. The lowest BCUT2D eigenvalue weighted by molar-refractivity contribution is 1.16. The van der Waals surface area contributed by atoms with Crippen LogP contribution in [0.25, 0.3) is 0 Å². The highest BCUT2D eigenvalue weighted by Gasteiger charge is 2.15. The molecule has 7 nitrogen and oxygen atoms in total. The normalized spacial score (nSPS) is 10.3. The minimum Gasteiger partial charge on any atom is -0.399 e. The minimum atomic E-state index is 0.0493.